The maximum Gasteiger partial charge on any atom is 0.0314 e. The van der Waals surface area contributed by atoms with Crippen molar-refractivity contribution in [2.24, 2.45) is 0 Å². The Hall–Kier alpha value is -1.76. The minimum atomic E-state index is 0.826. The standard InChI is InChI=1S/C14H14N/c15-14-10-8-13(9-11-14)7-6-12-4-2-1-3-5-12/h1-2,4-5,8-11H,6-7,15H2. The lowest BCUT2D eigenvalue weighted by atomic mass is 10.0. The van der Waals surface area contributed by atoms with Gasteiger partial charge in [0.25, 0.3) is 0 Å². The topological polar surface area (TPSA) is 26.0 Å². The summed E-state index contributed by atoms with van der Waals surface area (Å²) in [7, 11) is 0. The maximum absolute atomic E-state index is 5.63. The summed E-state index contributed by atoms with van der Waals surface area (Å²) in [6.45, 7) is 0. The zero-order valence-corrected chi connectivity index (χ0v) is 8.61. The summed E-state index contributed by atoms with van der Waals surface area (Å²) in [4.78, 5) is 0. The van der Waals surface area contributed by atoms with Crippen LogP contribution in [0.4, 0.5) is 5.69 Å². The van der Waals surface area contributed by atoms with Gasteiger partial charge in [-0.25, -0.2) is 0 Å². The van der Waals surface area contributed by atoms with Crippen LogP contribution in [0.25, 0.3) is 0 Å². The molecule has 0 aliphatic carbocycles. The largest absolute Gasteiger partial charge is 0.399 e. The van der Waals surface area contributed by atoms with Gasteiger partial charge in [-0.3, -0.25) is 0 Å². The summed E-state index contributed by atoms with van der Waals surface area (Å²) in [5, 5.41) is 0. The second kappa shape index (κ2) is 4.65. The number of hydrogen-bond donors (Lipinski definition) is 1. The minimum Gasteiger partial charge on any atom is -0.399 e. The van der Waals surface area contributed by atoms with Crippen molar-refractivity contribution in [1.82, 2.24) is 0 Å². The second-order valence-corrected chi connectivity index (χ2v) is 3.65. The zero-order valence-electron chi connectivity index (χ0n) is 8.61. The van der Waals surface area contributed by atoms with Crippen LogP contribution in [0.5, 0.6) is 0 Å². The molecule has 0 aliphatic heterocycles. The van der Waals surface area contributed by atoms with Crippen LogP contribution in [0.1, 0.15) is 11.1 Å². The van der Waals surface area contributed by atoms with E-state index < -0.39 is 0 Å². The van der Waals surface area contributed by atoms with Gasteiger partial charge in [0.1, 0.15) is 0 Å². The molecular formula is C14H14N. The number of nitrogens with two attached hydrogens (primary N) is 1. The molecule has 0 bridgehead atoms. The Balaban J connectivity index is 1.96. The molecule has 0 spiro atoms. The number of benzene rings is 2. The molecule has 0 aromatic heterocycles. The van der Waals surface area contributed by atoms with Crippen LogP contribution in [0, 0.1) is 6.07 Å². The predicted octanol–water partition coefficient (Wildman–Crippen LogP) is 2.85. The Kier molecular flexibility index (Phi) is 3.03. The fraction of sp³-hybridized carbons (Fsp3) is 0.143. The highest BCUT2D eigenvalue weighted by Crippen LogP contribution is 2.09. The quantitative estimate of drug-likeness (QED) is 0.750. The van der Waals surface area contributed by atoms with Gasteiger partial charge in [0, 0.05) is 5.69 Å². The van der Waals surface area contributed by atoms with E-state index in [1.165, 1.54) is 11.1 Å². The van der Waals surface area contributed by atoms with Crippen molar-refractivity contribution in [1.29, 1.82) is 0 Å². The van der Waals surface area contributed by atoms with Crippen molar-refractivity contribution in [3.8, 4) is 0 Å². The molecule has 2 aromatic rings. The van der Waals surface area contributed by atoms with Crippen molar-refractivity contribution in [3.05, 3.63) is 65.7 Å². The first-order valence-corrected chi connectivity index (χ1v) is 5.14. The van der Waals surface area contributed by atoms with E-state index in [9.17, 15) is 0 Å². The molecule has 1 heteroatoms. The van der Waals surface area contributed by atoms with Gasteiger partial charge in [-0.2, -0.15) is 0 Å². The van der Waals surface area contributed by atoms with Crippen LogP contribution in [-0.2, 0) is 12.8 Å². The minimum absolute atomic E-state index is 0.826. The third kappa shape index (κ3) is 2.84. The van der Waals surface area contributed by atoms with Crippen LogP contribution in [0.3, 0.4) is 0 Å². The van der Waals surface area contributed by atoms with E-state index >= 15 is 0 Å². The summed E-state index contributed by atoms with van der Waals surface area (Å²) >= 11 is 0. The Morgan fingerprint density at radius 2 is 1.67 bits per heavy atom. The predicted molar refractivity (Wildman–Crippen MR) is 63.5 cm³/mol. The molecule has 0 saturated heterocycles. The van der Waals surface area contributed by atoms with E-state index in [1.807, 2.05) is 30.3 Å². The van der Waals surface area contributed by atoms with E-state index in [-0.39, 0.29) is 0 Å². The first kappa shape index (κ1) is 9.78. The van der Waals surface area contributed by atoms with E-state index in [4.69, 9.17) is 5.73 Å². The van der Waals surface area contributed by atoms with E-state index in [0.29, 0.717) is 0 Å². The van der Waals surface area contributed by atoms with E-state index in [1.54, 1.807) is 0 Å². The van der Waals surface area contributed by atoms with Gasteiger partial charge in [0.2, 0.25) is 0 Å². The lowest BCUT2D eigenvalue weighted by Crippen LogP contribution is -1.91. The molecule has 2 rings (SSSR count). The van der Waals surface area contributed by atoms with Crippen molar-refractivity contribution in [2.45, 2.75) is 12.8 Å². The molecule has 0 unspecified atom stereocenters. The summed E-state index contributed by atoms with van der Waals surface area (Å²) in [5.74, 6) is 0. The second-order valence-electron chi connectivity index (χ2n) is 3.65. The Morgan fingerprint density at radius 3 is 2.33 bits per heavy atom. The SMILES string of the molecule is Nc1ccc(CCc2c[c]ccc2)cc1. The molecule has 0 fully saturated rings. The van der Waals surface area contributed by atoms with Gasteiger partial charge >= 0.3 is 0 Å². The van der Waals surface area contributed by atoms with Crippen LogP contribution in [0.15, 0.2) is 48.5 Å². The zero-order chi connectivity index (χ0) is 10.5. The highest BCUT2D eigenvalue weighted by molar-refractivity contribution is 5.39. The van der Waals surface area contributed by atoms with Gasteiger partial charge < -0.3 is 5.73 Å². The molecule has 0 atom stereocenters. The number of aryl methyl sites for hydroxylation is 2. The van der Waals surface area contributed by atoms with E-state index in [0.717, 1.165) is 18.5 Å². The Labute approximate surface area is 90.6 Å². The molecule has 2 N–H and O–H groups in total. The van der Waals surface area contributed by atoms with Gasteiger partial charge in [-0.15, -0.1) is 0 Å². The van der Waals surface area contributed by atoms with E-state index in [2.05, 4.69) is 24.3 Å². The summed E-state index contributed by atoms with van der Waals surface area (Å²) < 4.78 is 0. The molecule has 0 amide bonds. The fourth-order valence-corrected chi connectivity index (χ4v) is 1.56. The van der Waals surface area contributed by atoms with Crippen LogP contribution in [0.2, 0.25) is 0 Å². The Bertz CT molecular complexity index is 403. The molecule has 75 valence electrons. The number of anilines is 1. The normalized spacial score (nSPS) is 10.1. The summed E-state index contributed by atoms with van der Waals surface area (Å²) in [6, 6.07) is 19.3. The molecule has 0 saturated carbocycles. The van der Waals surface area contributed by atoms with Crippen LogP contribution >= 0.6 is 0 Å². The fourth-order valence-electron chi connectivity index (χ4n) is 1.56. The first-order valence-electron chi connectivity index (χ1n) is 5.14. The van der Waals surface area contributed by atoms with Gasteiger partial charge in [0.15, 0.2) is 0 Å². The molecule has 2 aromatic carbocycles. The lowest BCUT2D eigenvalue weighted by molar-refractivity contribution is 0.960. The van der Waals surface area contributed by atoms with Crippen molar-refractivity contribution in [3.63, 3.8) is 0 Å². The van der Waals surface area contributed by atoms with Crippen LogP contribution in [-0.4, -0.2) is 0 Å². The number of hydrogen-bond acceptors (Lipinski definition) is 1. The van der Waals surface area contributed by atoms with Gasteiger partial charge in [0.05, 0.1) is 0 Å². The van der Waals surface area contributed by atoms with Gasteiger partial charge in [-0.1, -0.05) is 36.4 Å². The molecule has 1 nitrogen and oxygen atoms in total. The summed E-state index contributed by atoms with van der Waals surface area (Å²) in [5.41, 5.74) is 9.11. The highest BCUT2D eigenvalue weighted by Gasteiger charge is 1.94. The average molecular weight is 196 g/mol. The third-order valence-electron chi connectivity index (χ3n) is 2.45. The smallest absolute Gasteiger partial charge is 0.0314 e. The monoisotopic (exact) mass is 196 g/mol. The molecule has 15 heavy (non-hydrogen) atoms. The van der Waals surface area contributed by atoms with Crippen LogP contribution < -0.4 is 5.73 Å². The maximum atomic E-state index is 5.63. The third-order valence-corrected chi connectivity index (χ3v) is 2.45. The summed E-state index contributed by atoms with van der Waals surface area (Å²) in [6.07, 6.45) is 2.11. The molecular weight excluding hydrogens is 182 g/mol. The Morgan fingerprint density at radius 1 is 0.933 bits per heavy atom. The highest BCUT2D eigenvalue weighted by atomic mass is 14.5. The molecule has 1 radical (unpaired) electrons. The molecule has 0 aliphatic rings. The average Bonchev–Trinajstić information content (AvgIpc) is 2.30. The first-order chi connectivity index (χ1) is 7.34. The van der Waals surface area contributed by atoms with Crippen molar-refractivity contribution in [2.75, 3.05) is 5.73 Å². The van der Waals surface area contributed by atoms with Gasteiger partial charge in [-0.05, 0) is 42.2 Å². The van der Waals surface area contributed by atoms with Crippen molar-refractivity contribution < 1.29 is 0 Å². The number of rotatable bonds is 3. The van der Waals surface area contributed by atoms with Crippen molar-refractivity contribution >= 4 is 5.69 Å². The lowest BCUT2D eigenvalue weighted by Gasteiger charge is -2.02. The number of nitrogen functional groups attached to an aromatic ring is 1. The molecule has 0 heterocycles.